The second kappa shape index (κ2) is 12.3. The Morgan fingerprint density at radius 3 is 1.63 bits per heavy atom. The first-order valence-electron chi connectivity index (χ1n) is 19.0. The molecular formula is C51H30N4O2. The third kappa shape index (κ3) is 4.94. The molecule has 12 aromatic rings. The largest absolute Gasteiger partial charge is 0.456 e. The molecule has 0 unspecified atom stereocenters. The number of nitrogens with zero attached hydrogens (tertiary/aromatic N) is 4. The predicted molar refractivity (Wildman–Crippen MR) is 230 cm³/mol. The Bertz CT molecular complexity index is 3470. The maximum Gasteiger partial charge on any atom is 0.164 e. The number of para-hydroxylation sites is 3. The second-order valence-electron chi connectivity index (χ2n) is 14.4. The van der Waals surface area contributed by atoms with Gasteiger partial charge in [0.1, 0.15) is 16.7 Å². The van der Waals surface area contributed by atoms with E-state index in [9.17, 15) is 0 Å². The van der Waals surface area contributed by atoms with Crippen molar-refractivity contribution >= 4 is 65.7 Å². The molecule has 8 aromatic carbocycles. The molecule has 0 saturated carbocycles. The van der Waals surface area contributed by atoms with Crippen LogP contribution in [0.15, 0.2) is 191 Å². The van der Waals surface area contributed by atoms with Crippen molar-refractivity contribution < 1.29 is 8.83 Å². The molecule has 266 valence electrons. The zero-order valence-corrected chi connectivity index (χ0v) is 30.4. The molecule has 0 aliphatic carbocycles. The molecule has 0 bridgehead atoms. The Balaban J connectivity index is 1.05. The topological polar surface area (TPSA) is 69.9 Å². The van der Waals surface area contributed by atoms with Crippen molar-refractivity contribution in [2.75, 3.05) is 0 Å². The van der Waals surface area contributed by atoms with Gasteiger partial charge in [-0.25, -0.2) is 15.0 Å². The monoisotopic (exact) mass is 730 g/mol. The molecule has 0 aliphatic rings. The Morgan fingerprint density at radius 2 is 0.912 bits per heavy atom. The number of hydrogen-bond acceptors (Lipinski definition) is 5. The molecular weight excluding hydrogens is 701 g/mol. The SMILES string of the molecule is c1ccc(-c2ccc3c(c2)oc2cc(-c4nc(-c5ccccc5)nc(-c5cccc6oc7c(-n8c9ccccc9c9ccccc98)cccc7c56)n4)ccc23)cc1. The quantitative estimate of drug-likeness (QED) is 0.176. The van der Waals surface area contributed by atoms with Crippen LogP contribution < -0.4 is 0 Å². The number of furan rings is 2. The summed E-state index contributed by atoms with van der Waals surface area (Å²) in [7, 11) is 0. The molecule has 4 aromatic heterocycles. The van der Waals surface area contributed by atoms with Crippen LogP contribution in [0.4, 0.5) is 0 Å². The predicted octanol–water partition coefficient (Wildman–Crippen LogP) is 13.4. The van der Waals surface area contributed by atoms with Crippen LogP contribution >= 0.6 is 0 Å². The van der Waals surface area contributed by atoms with Crippen LogP contribution in [0.3, 0.4) is 0 Å². The summed E-state index contributed by atoms with van der Waals surface area (Å²) in [6, 6.07) is 62.6. The van der Waals surface area contributed by atoms with Crippen molar-refractivity contribution in [3.63, 3.8) is 0 Å². The fraction of sp³-hybridized carbons (Fsp3) is 0. The van der Waals surface area contributed by atoms with Gasteiger partial charge < -0.3 is 13.4 Å². The lowest BCUT2D eigenvalue weighted by Crippen LogP contribution is -2.00. The number of fused-ring (bicyclic) bond motifs is 9. The molecule has 0 aliphatic heterocycles. The van der Waals surface area contributed by atoms with Crippen LogP contribution in [0, 0.1) is 0 Å². The molecule has 6 nitrogen and oxygen atoms in total. The number of rotatable bonds is 5. The van der Waals surface area contributed by atoms with E-state index < -0.39 is 0 Å². The van der Waals surface area contributed by atoms with Gasteiger partial charge in [-0.05, 0) is 59.7 Å². The first-order chi connectivity index (χ1) is 28.2. The smallest absolute Gasteiger partial charge is 0.164 e. The highest BCUT2D eigenvalue weighted by Gasteiger charge is 2.22. The lowest BCUT2D eigenvalue weighted by molar-refractivity contribution is 0.666. The van der Waals surface area contributed by atoms with Gasteiger partial charge in [-0.15, -0.1) is 0 Å². The number of aromatic nitrogens is 4. The molecule has 0 atom stereocenters. The van der Waals surface area contributed by atoms with Crippen molar-refractivity contribution in [1.29, 1.82) is 0 Å². The molecule has 0 amide bonds. The maximum absolute atomic E-state index is 6.81. The third-order valence-corrected chi connectivity index (χ3v) is 11.1. The minimum Gasteiger partial charge on any atom is -0.456 e. The normalized spacial score (nSPS) is 11.9. The van der Waals surface area contributed by atoms with Gasteiger partial charge in [0.15, 0.2) is 23.1 Å². The number of hydrogen-bond donors (Lipinski definition) is 0. The molecule has 4 heterocycles. The maximum atomic E-state index is 6.81. The Hall–Kier alpha value is -7.83. The van der Waals surface area contributed by atoms with Gasteiger partial charge >= 0.3 is 0 Å². The zero-order valence-electron chi connectivity index (χ0n) is 30.4. The van der Waals surface area contributed by atoms with Crippen LogP contribution in [-0.2, 0) is 0 Å². The van der Waals surface area contributed by atoms with E-state index in [4.69, 9.17) is 23.8 Å². The average molecular weight is 731 g/mol. The van der Waals surface area contributed by atoms with Gasteiger partial charge in [0.2, 0.25) is 0 Å². The fourth-order valence-electron chi connectivity index (χ4n) is 8.45. The van der Waals surface area contributed by atoms with Crippen molar-refractivity contribution in [3.8, 4) is 51.0 Å². The number of benzene rings is 8. The Labute approximate surface area is 325 Å². The summed E-state index contributed by atoms with van der Waals surface area (Å²) in [4.78, 5) is 15.4. The second-order valence-corrected chi connectivity index (χ2v) is 14.4. The molecule has 57 heavy (non-hydrogen) atoms. The van der Waals surface area contributed by atoms with Gasteiger partial charge in [0.05, 0.1) is 16.7 Å². The summed E-state index contributed by atoms with van der Waals surface area (Å²) in [5, 5.41) is 6.45. The van der Waals surface area contributed by atoms with Crippen molar-refractivity contribution in [2.24, 2.45) is 0 Å². The molecule has 0 spiro atoms. The van der Waals surface area contributed by atoms with Crippen molar-refractivity contribution in [2.45, 2.75) is 0 Å². The van der Waals surface area contributed by atoms with Gasteiger partial charge in [-0.1, -0.05) is 133 Å². The summed E-state index contributed by atoms with van der Waals surface area (Å²) in [5.41, 5.74) is 11.3. The van der Waals surface area contributed by atoms with Gasteiger partial charge in [0.25, 0.3) is 0 Å². The standard InChI is InChI=1S/C51H30N4O2/c1-3-13-31(14-4-1)33-25-27-37-38-28-26-34(30-46(38)56-45(37)29-33)50-52-49(32-15-5-2-6-16-32)53-51(54-50)40-20-12-24-44-47(40)39-19-11-23-43(48(39)57-44)55-41-21-9-7-17-35(41)36-18-8-10-22-42(36)55/h1-30H. The summed E-state index contributed by atoms with van der Waals surface area (Å²) in [5.74, 6) is 1.71. The molecule has 12 rings (SSSR count). The van der Waals surface area contributed by atoms with Crippen LogP contribution in [0.1, 0.15) is 0 Å². The van der Waals surface area contributed by atoms with Crippen LogP contribution in [0.5, 0.6) is 0 Å². The molecule has 0 fully saturated rings. The lowest BCUT2D eigenvalue weighted by Gasteiger charge is -2.10. The van der Waals surface area contributed by atoms with E-state index in [-0.39, 0.29) is 0 Å². The summed E-state index contributed by atoms with van der Waals surface area (Å²) >= 11 is 0. The van der Waals surface area contributed by atoms with Crippen LogP contribution in [0.25, 0.3) is 117 Å². The first-order valence-corrected chi connectivity index (χ1v) is 19.0. The van der Waals surface area contributed by atoms with E-state index >= 15 is 0 Å². The highest BCUT2D eigenvalue weighted by Crippen LogP contribution is 2.41. The van der Waals surface area contributed by atoms with E-state index in [0.717, 1.165) is 88.4 Å². The summed E-state index contributed by atoms with van der Waals surface area (Å²) < 4.78 is 15.6. The van der Waals surface area contributed by atoms with E-state index in [2.05, 4.69) is 132 Å². The molecule has 0 N–H and O–H groups in total. The lowest BCUT2D eigenvalue weighted by atomic mass is 10.0. The summed E-state index contributed by atoms with van der Waals surface area (Å²) in [6.07, 6.45) is 0. The minimum absolute atomic E-state index is 0.557. The van der Waals surface area contributed by atoms with E-state index in [1.54, 1.807) is 0 Å². The first kappa shape index (κ1) is 31.5. The van der Waals surface area contributed by atoms with Gasteiger partial charge in [-0.2, -0.15) is 0 Å². The molecule has 0 radical (unpaired) electrons. The average Bonchev–Trinajstić information content (AvgIpc) is 3.96. The van der Waals surface area contributed by atoms with Gasteiger partial charge in [0, 0.05) is 49.0 Å². The van der Waals surface area contributed by atoms with E-state index in [0.29, 0.717) is 17.5 Å². The molecule has 6 heteroatoms. The zero-order chi connectivity index (χ0) is 37.5. The fourth-order valence-corrected chi connectivity index (χ4v) is 8.45. The summed E-state index contributed by atoms with van der Waals surface area (Å²) in [6.45, 7) is 0. The van der Waals surface area contributed by atoms with Gasteiger partial charge in [-0.3, -0.25) is 0 Å². The highest BCUT2D eigenvalue weighted by atomic mass is 16.3. The van der Waals surface area contributed by atoms with Crippen LogP contribution in [0.2, 0.25) is 0 Å². The van der Waals surface area contributed by atoms with Crippen molar-refractivity contribution in [3.05, 3.63) is 182 Å². The van der Waals surface area contributed by atoms with Crippen LogP contribution in [-0.4, -0.2) is 19.5 Å². The highest BCUT2D eigenvalue weighted by molar-refractivity contribution is 6.16. The van der Waals surface area contributed by atoms with Crippen molar-refractivity contribution in [1.82, 2.24) is 19.5 Å². The van der Waals surface area contributed by atoms with E-state index in [1.807, 2.05) is 54.6 Å². The minimum atomic E-state index is 0.557. The molecule has 0 saturated heterocycles. The third-order valence-electron chi connectivity index (χ3n) is 11.1. The Morgan fingerprint density at radius 1 is 0.351 bits per heavy atom. The van der Waals surface area contributed by atoms with E-state index in [1.165, 1.54) is 10.8 Å². The Kier molecular flexibility index (Phi) is 6.83.